The van der Waals surface area contributed by atoms with Crippen LogP contribution in [0.2, 0.25) is 0 Å². The van der Waals surface area contributed by atoms with Crippen LogP contribution in [0.1, 0.15) is 25.3 Å². The monoisotopic (exact) mass is 277 g/mol. The first-order valence-electron chi connectivity index (χ1n) is 6.83. The van der Waals surface area contributed by atoms with Crippen LogP contribution in [-0.4, -0.2) is 42.5 Å². The van der Waals surface area contributed by atoms with Crippen molar-refractivity contribution >= 4 is 10.5 Å². The molecule has 1 heterocycles. The van der Waals surface area contributed by atoms with E-state index in [-0.39, 0.29) is 6.10 Å². The van der Waals surface area contributed by atoms with E-state index in [0.717, 1.165) is 32.7 Å². The molecule has 0 aromatic carbocycles. The Labute approximate surface area is 118 Å². The molecule has 0 aromatic rings. The summed E-state index contributed by atoms with van der Waals surface area (Å²) in [6.45, 7) is 6.60. The highest BCUT2D eigenvalue weighted by Crippen LogP contribution is 2.35. The van der Waals surface area contributed by atoms with Gasteiger partial charge in [0.2, 0.25) is 10.5 Å². The van der Waals surface area contributed by atoms with Crippen LogP contribution in [0, 0.1) is 6.92 Å². The summed E-state index contributed by atoms with van der Waals surface area (Å²) in [6, 6.07) is 6.50. The Kier molecular flexibility index (Phi) is 5.57. The maximum Gasteiger partial charge on any atom is 0.246 e. The molecule has 0 amide bonds. The number of ether oxygens (including phenoxy) is 2. The number of hydrogen-bond acceptors (Lipinski definition) is 3. The lowest BCUT2D eigenvalue weighted by Gasteiger charge is -2.17. The van der Waals surface area contributed by atoms with E-state index in [9.17, 15) is 0 Å². The van der Waals surface area contributed by atoms with Crippen molar-refractivity contribution in [2.45, 2.75) is 38.9 Å². The molecule has 3 radical (unpaired) electrons. The maximum absolute atomic E-state index is 5.36. The second-order valence-corrected chi connectivity index (χ2v) is 5.37. The van der Waals surface area contributed by atoms with Crippen LogP contribution in [0.3, 0.4) is 0 Å². The lowest BCUT2D eigenvalue weighted by molar-refractivity contribution is 0.104. The molecule has 1 fully saturated rings. The quantitative estimate of drug-likeness (QED) is 0.443. The number of fused-ring (bicyclic) bond motifs is 1. The first-order valence-corrected chi connectivity index (χ1v) is 7.24. The maximum atomic E-state index is 5.36. The largest absolute Gasteiger partial charge is 0.416 e. The van der Waals surface area contributed by atoms with Crippen LogP contribution in [0.15, 0.2) is 18.2 Å². The molecule has 1 saturated heterocycles. The summed E-state index contributed by atoms with van der Waals surface area (Å²) in [5, 5.41) is 0. The zero-order valence-corrected chi connectivity index (χ0v) is 12.6. The molecule has 4 heteroatoms. The van der Waals surface area contributed by atoms with Crippen molar-refractivity contribution in [3.05, 3.63) is 23.8 Å². The molecular formula is C15H21O3Si. The lowest BCUT2D eigenvalue weighted by atomic mass is 9.88. The first kappa shape index (κ1) is 14.7. The lowest BCUT2D eigenvalue weighted by Crippen LogP contribution is -2.08. The van der Waals surface area contributed by atoms with E-state index in [1.807, 2.05) is 6.92 Å². The van der Waals surface area contributed by atoms with Gasteiger partial charge in [-0.15, -0.1) is 0 Å². The highest BCUT2D eigenvalue weighted by molar-refractivity contribution is 5.98. The van der Waals surface area contributed by atoms with Gasteiger partial charge in [0.25, 0.3) is 0 Å². The normalized spacial score (nSPS) is 19.4. The fourth-order valence-corrected chi connectivity index (χ4v) is 2.01. The fraction of sp³-hybridized carbons (Fsp3) is 0.600. The molecule has 0 saturated carbocycles. The number of rotatable bonds is 7. The van der Waals surface area contributed by atoms with Gasteiger partial charge in [0.05, 0.1) is 13.2 Å². The Bertz CT molecular complexity index is 404. The van der Waals surface area contributed by atoms with Crippen molar-refractivity contribution in [1.82, 2.24) is 0 Å². The predicted octanol–water partition coefficient (Wildman–Crippen LogP) is 2.65. The highest BCUT2D eigenvalue weighted by atomic mass is 28.2. The van der Waals surface area contributed by atoms with Gasteiger partial charge in [-0.3, -0.25) is 0 Å². The SMILES string of the molecule is CC(CCCOCC1CO1)O[Si].Cc1cc2ccc1-2. The Morgan fingerprint density at radius 3 is 2.63 bits per heavy atom. The number of benzene rings is 1. The van der Waals surface area contributed by atoms with Crippen LogP contribution in [0.4, 0.5) is 0 Å². The highest BCUT2D eigenvalue weighted by Gasteiger charge is 2.21. The summed E-state index contributed by atoms with van der Waals surface area (Å²) in [4.78, 5) is 0. The average Bonchev–Trinajstić information content (AvgIpc) is 3.19. The standard InChI is InChI=1S/C8H15O3Si.C7H6/c1-7(11-12)3-2-4-9-5-8-6-10-8;1-5-4-6-2-3-7(5)6/h7-8H,2-6H2,1H3;2-4H,1H3. The Morgan fingerprint density at radius 1 is 1.47 bits per heavy atom. The van der Waals surface area contributed by atoms with Crippen molar-refractivity contribution in [3.8, 4) is 11.1 Å². The summed E-state index contributed by atoms with van der Waals surface area (Å²) >= 11 is 0. The van der Waals surface area contributed by atoms with E-state index >= 15 is 0 Å². The van der Waals surface area contributed by atoms with Gasteiger partial charge >= 0.3 is 0 Å². The topological polar surface area (TPSA) is 31.0 Å². The summed E-state index contributed by atoms with van der Waals surface area (Å²) in [7, 11) is 3.00. The molecular weight excluding hydrogens is 256 g/mol. The van der Waals surface area contributed by atoms with Crippen molar-refractivity contribution in [1.29, 1.82) is 0 Å². The van der Waals surface area contributed by atoms with Gasteiger partial charge in [0.15, 0.2) is 0 Å². The molecule has 0 spiro atoms. The third-order valence-electron chi connectivity index (χ3n) is 3.34. The summed E-state index contributed by atoms with van der Waals surface area (Å²) in [5.41, 5.74) is 4.36. The first-order chi connectivity index (χ1) is 9.20. The van der Waals surface area contributed by atoms with Gasteiger partial charge in [0.1, 0.15) is 6.10 Å². The zero-order valence-electron chi connectivity index (χ0n) is 11.6. The van der Waals surface area contributed by atoms with E-state index in [1.165, 1.54) is 16.7 Å². The van der Waals surface area contributed by atoms with Crippen molar-refractivity contribution in [3.63, 3.8) is 0 Å². The van der Waals surface area contributed by atoms with Gasteiger partial charge in [0, 0.05) is 12.7 Å². The summed E-state index contributed by atoms with van der Waals surface area (Å²) in [5.74, 6) is 0. The molecule has 3 nitrogen and oxygen atoms in total. The molecule has 3 aliphatic rings. The fourth-order valence-electron chi connectivity index (χ4n) is 1.89. The molecule has 0 bridgehead atoms. The smallest absolute Gasteiger partial charge is 0.246 e. The van der Waals surface area contributed by atoms with Gasteiger partial charge in [-0.2, -0.15) is 0 Å². The summed E-state index contributed by atoms with van der Waals surface area (Å²) in [6.07, 6.45) is 2.71. The minimum Gasteiger partial charge on any atom is -0.416 e. The molecule has 103 valence electrons. The predicted molar refractivity (Wildman–Crippen MR) is 76.3 cm³/mol. The second-order valence-electron chi connectivity index (χ2n) is 5.13. The number of hydrogen-bond donors (Lipinski definition) is 0. The molecule has 2 aliphatic carbocycles. The third kappa shape index (κ3) is 4.73. The molecule has 0 N–H and O–H groups in total. The summed E-state index contributed by atoms with van der Waals surface area (Å²) < 4.78 is 15.3. The number of aryl methyl sites for hydroxylation is 1. The Hall–Kier alpha value is -0.683. The molecule has 1 aliphatic heterocycles. The minimum absolute atomic E-state index is 0.266. The van der Waals surface area contributed by atoms with Crippen molar-refractivity contribution in [2.75, 3.05) is 19.8 Å². The van der Waals surface area contributed by atoms with Crippen LogP contribution in [0.25, 0.3) is 11.1 Å². The average molecular weight is 277 g/mol. The van der Waals surface area contributed by atoms with E-state index < -0.39 is 0 Å². The number of epoxide rings is 1. The van der Waals surface area contributed by atoms with Gasteiger partial charge in [-0.05, 0) is 43.4 Å². The molecule has 19 heavy (non-hydrogen) atoms. The minimum atomic E-state index is 0.266. The van der Waals surface area contributed by atoms with E-state index in [2.05, 4.69) is 35.6 Å². The molecule has 0 aromatic heterocycles. The van der Waals surface area contributed by atoms with E-state index in [0.29, 0.717) is 6.10 Å². The third-order valence-corrected chi connectivity index (χ3v) is 3.75. The zero-order chi connectivity index (χ0) is 13.7. The van der Waals surface area contributed by atoms with Gasteiger partial charge in [-0.1, -0.05) is 18.2 Å². The van der Waals surface area contributed by atoms with Crippen LogP contribution in [-0.2, 0) is 13.9 Å². The van der Waals surface area contributed by atoms with Crippen LogP contribution < -0.4 is 0 Å². The van der Waals surface area contributed by atoms with Crippen LogP contribution >= 0.6 is 0 Å². The molecule has 2 unspecified atom stereocenters. The van der Waals surface area contributed by atoms with Gasteiger partial charge < -0.3 is 13.9 Å². The Morgan fingerprint density at radius 2 is 2.26 bits per heavy atom. The van der Waals surface area contributed by atoms with Crippen molar-refractivity contribution < 1.29 is 13.9 Å². The molecule has 3 rings (SSSR count). The van der Waals surface area contributed by atoms with Gasteiger partial charge in [-0.25, -0.2) is 0 Å². The van der Waals surface area contributed by atoms with E-state index in [1.54, 1.807) is 0 Å². The Balaban J connectivity index is 0.000000159. The van der Waals surface area contributed by atoms with Crippen molar-refractivity contribution in [2.24, 2.45) is 0 Å². The second kappa shape index (κ2) is 7.19. The van der Waals surface area contributed by atoms with Crippen LogP contribution in [0.5, 0.6) is 0 Å². The molecule has 2 atom stereocenters. The van der Waals surface area contributed by atoms with E-state index in [4.69, 9.17) is 13.9 Å².